The Morgan fingerprint density at radius 2 is 2.38 bits per heavy atom. The maximum absolute atomic E-state index is 3.36. The summed E-state index contributed by atoms with van der Waals surface area (Å²) in [6.07, 6.45) is 5.04. The molecule has 48 valence electrons. The van der Waals surface area contributed by atoms with Gasteiger partial charge >= 0.3 is 0 Å². The van der Waals surface area contributed by atoms with Crippen LogP contribution in [0, 0.1) is 5.92 Å². The van der Waals surface area contributed by atoms with Crippen molar-refractivity contribution < 1.29 is 0 Å². The van der Waals surface area contributed by atoms with E-state index in [1.165, 1.54) is 19.4 Å². The highest BCUT2D eigenvalue weighted by molar-refractivity contribution is 7.98. The largest absolute Gasteiger partial charge is 0.308 e. The predicted octanol–water partition coefficient (Wildman–Crippen LogP) is 1.31. The Kier molecular flexibility index (Phi) is 2.70. The number of rotatable bonds is 4. The minimum atomic E-state index is 1.03. The molecule has 0 unspecified atom stereocenters. The molecule has 1 nitrogen and oxygen atoms in total. The van der Waals surface area contributed by atoms with E-state index in [0.29, 0.717) is 0 Å². The lowest BCUT2D eigenvalue weighted by Crippen LogP contribution is -2.15. The van der Waals surface area contributed by atoms with Crippen LogP contribution in [0.25, 0.3) is 0 Å². The molecule has 8 heavy (non-hydrogen) atoms. The summed E-state index contributed by atoms with van der Waals surface area (Å²) >= 11 is 1.86. The average Bonchev–Trinajstić information content (AvgIpc) is 2.51. The van der Waals surface area contributed by atoms with Gasteiger partial charge in [-0.15, -0.1) is 11.8 Å². The van der Waals surface area contributed by atoms with E-state index < -0.39 is 0 Å². The van der Waals surface area contributed by atoms with Gasteiger partial charge in [0.1, 0.15) is 0 Å². The fourth-order valence-corrected chi connectivity index (χ4v) is 1.01. The van der Waals surface area contributed by atoms with E-state index >= 15 is 0 Å². The first-order chi connectivity index (χ1) is 3.93. The Morgan fingerprint density at radius 3 is 2.88 bits per heavy atom. The van der Waals surface area contributed by atoms with E-state index in [4.69, 9.17) is 0 Å². The van der Waals surface area contributed by atoms with Crippen LogP contribution in [0.4, 0.5) is 0 Å². The SMILES string of the molecule is CSCNCC1CC1. The van der Waals surface area contributed by atoms with Gasteiger partial charge in [0.25, 0.3) is 0 Å². The van der Waals surface area contributed by atoms with Crippen LogP contribution in [0.2, 0.25) is 0 Å². The third kappa shape index (κ3) is 2.58. The topological polar surface area (TPSA) is 12.0 Å². The monoisotopic (exact) mass is 131 g/mol. The second-order valence-electron chi connectivity index (χ2n) is 2.33. The van der Waals surface area contributed by atoms with Crippen molar-refractivity contribution in [3.05, 3.63) is 0 Å². The fourth-order valence-electron chi connectivity index (χ4n) is 0.687. The number of nitrogens with one attached hydrogen (secondary N) is 1. The molecule has 0 saturated heterocycles. The zero-order valence-electron chi connectivity index (χ0n) is 5.31. The molecule has 0 spiro atoms. The quantitative estimate of drug-likeness (QED) is 0.456. The second kappa shape index (κ2) is 3.36. The highest BCUT2D eigenvalue weighted by atomic mass is 32.2. The van der Waals surface area contributed by atoms with E-state index in [-0.39, 0.29) is 0 Å². The lowest BCUT2D eigenvalue weighted by Gasteiger charge is -1.97. The highest BCUT2D eigenvalue weighted by Gasteiger charge is 2.19. The zero-order valence-corrected chi connectivity index (χ0v) is 6.13. The van der Waals surface area contributed by atoms with Crippen molar-refractivity contribution in [2.75, 3.05) is 18.7 Å². The first-order valence-corrected chi connectivity index (χ1v) is 4.52. The van der Waals surface area contributed by atoms with Crippen LogP contribution in [0.15, 0.2) is 0 Å². The van der Waals surface area contributed by atoms with E-state index in [1.54, 1.807) is 0 Å². The van der Waals surface area contributed by atoms with E-state index in [0.717, 1.165) is 11.8 Å². The molecule has 1 fully saturated rings. The van der Waals surface area contributed by atoms with Gasteiger partial charge in [-0.1, -0.05) is 0 Å². The first-order valence-electron chi connectivity index (χ1n) is 3.13. The maximum atomic E-state index is 3.36. The van der Waals surface area contributed by atoms with Gasteiger partial charge in [-0.05, 0) is 31.6 Å². The summed E-state index contributed by atoms with van der Waals surface area (Å²) < 4.78 is 0. The molecule has 0 atom stereocenters. The fraction of sp³-hybridized carbons (Fsp3) is 1.00. The van der Waals surface area contributed by atoms with E-state index in [9.17, 15) is 0 Å². The van der Waals surface area contributed by atoms with Gasteiger partial charge < -0.3 is 5.32 Å². The van der Waals surface area contributed by atoms with Crippen molar-refractivity contribution in [1.29, 1.82) is 0 Å². The molecule has 0 heterocycles. The maximum Gasteiger partial charge on any atom is 0.0415 e. The summed E-state index contributed by atoms with van der Waals surface area (Å²) in [5.74, 6) is 2.15. The van der Waals surface area contributed by atoms with Crippen LogP contribution >= 0.6 is 11.8 Å². The van der Waals surface area contributed by atoms with Gasteiger partial charge in [0.2, 0.25) is 0 Å². The summed E-state index contributed by atoms with van der Waals surface area (Å²) in [6, 6.07) is 0. The molecule has 1 N–H and O–H groups in total. The molecule has 0 aromatic rings. The Balaban J connectivity index is 1.74. The lowest BCUT2D eigenvalue weighted by atomic mass is 10.4. The number of hydrogen-bond donors (Lipinski definition) is 1. The molecular weight excluding hydrogens is 118 g/mol. The zero-order chi connectivity index (χ0) is 5.82. The van der Waals surface area contributed by atoms with Crippen LogP contribution in [-0.2, 0) is 0 Å². The van der Waals surface area contributed by atoms with Gasteiger partial charge in [-0.3, -0.25) is 0 Å². The average molecular weight is 131 g/mol. The normalized spacial score (nSPS) is 19.1. The van der Waals surface area contributed by atoms with Gasteiger partial charge in [0.05, 0.1) is 0 Å². The third-order valence-electron chi connectivity index (χ3n) is 1.38. The lowest BCUT2D eigenvalue weighted by molar-refractivity contribution is 0.705. The Hall–Kier alpha value is 0.310. The van der Waals surface area contributed by atoms with Crippen LogP contribution in [0.5, 0.6) is 0 Å². The summed E-state index contributed by atoms with van der Waals surface area (Å²) in [7, 11) is 0. The molecule has 1 saturated carbocycles. The van der Waals surface area contributed by atoms with E-state index in [1.807, 2.05) is 11.8 Å². The molecule has 1 rings (SSSR count). The molecule has 2 heteroatoms. The van der Waals surface area contributed by atoms with Crippen molar-refractivity contribution >= 4 is 11.8 Å². The Morgan fingerprint density at radius 1 is 1.62 bits per heavy atom. The highest BCUT2D eigenvalue weighted by Crippen LogP contribution is 2.27. The molecule has 0 bridgehead atoms. The summed E-state index contributed by atoms with van der Waals surface area (Å²) in [4.78, 5) is 0. The third-order valence-corrected chi connectivity index (χ3v) is 1.87. The molecule has 0 aromatic carbocycles. The molecular formula is C6H13NS. The van der Waals surface area contributed by atoms with Crippen molar-refractivity contribution in [2.45, 2.75) is 12.8 Å². The summed E-state index contributed by atoms with van der Waals surface area (Å²) in [5, 5.41) is 3.36. The van der Waals surface area contributed by atoms with Crippen molar-refractivity contribution in [1.82, 2.24) is 5.32 Å². The molecule has 0 aliphatic heterocycles. The molecule has 0 radical (unpaired) electrons. The van der Waals surface area contributed by atoms with Crippen molar-refractivity contribution in [3.63, 3.8) is 0 Å². The van der Waals surface area contributed by atoms with Crippen molar-refractivity contribution in [2.24, 2.45) is 5.92 Å². The minimum Gasteiger partial charge on any atom is -0.308 e. The van der Waals surface area contributed by atoms with Gasteiger partial charge in [-0.25, -0.2) is 0 Å². The molecule has 1 aliphatic carbocycles. The first kappa shape index (κ1) is 6.43. The number of hydrogen-bond acceptors (Lipinski definition) is 2. The summed E-state index contributed by atoms with van der Waals surface area (Å²) in [6.45, 7) is 1.25. The van der Waals surface area contributed by atoms with E-state index in [2.05, 4.69) is 11.6 Å². The molecule has 0 amide bonds. The van der Waals surface area contributed by atoms with Crippen LogP contribution in [0.1, 0.15) is 12.8 Å². The van der Waals surface area contributed by atoms with Gasteiger partial charge in [-0.2, -0.15) is 0 Å². The Labute approximate surface area is 55.2 Å². The van der Waals surface area contributed by atoms with Crippen LogP contribution < -0.4 is 5.32 Å². The van der Waals surface area contributed by atoms with Gasteiger partial charge in [0.15, 0.2) is 0 Å². The molecule has 0 aromatic heterocycles. The summed E-state index contributed by atoms with van der Waals surface area (Å²) in [5.41, 5.74) is 0. The second-order valence-corrected chi connectivity index (χ2v) is 3.20. The predicted molar refractivity (Wildman–Crippen MR) is 39.1 cm³/mol. The van der Waals surface area contributed by atoms with Crippen LogP contribution in [0.3, 0.4) is 0 Å². The van der Waals surface area contributed by atoms with Crippen LogP contribution in [-0.4, -0.2) is 18.7 Å². The minimum absolute atomic E-state index is 1.03. The smallest absolute Gasteiger partial charge is 0.0415 e. The molecule has 1 aliphatic rings. The number of thioether (sulfide) groups is 1. The van der Waals surface area contributed by atoms with Gasteiger partial charge in [0, 0.05) is 5.88 Å². The van der Waals surface area contributed by atoms with Crippen molar-refractivity contribution in [3.8, 4) is 0 Å². The Bertz CT molecular complexity index is 61.5. The standard InChI is InChI=1S/C6H13NS/c1-8-5-7-4-6-2-3-6/h6-7H,2-5H2,1H3.